The molecule has 8 nitrogen and oxygen atoms in total. The molecular formula is C32H38ClFN2O6S. The molecule has 3 aromatic carbocycles. The van der Waals surface area contributed by atoms with E-state index in [4.69, 9.17) is 21.1 Å². The zero-order valence-corrected chi connectivity index (χ0v) is 25.6. The van der Waals surface area contributed by atoms with Crippen molar-refractivity contribution in [3.05, 3.63) is 95.6 Å². The first-order chi connectivity index (χ1) is 20.7. The summed E-state index contributed by atoms with van der Waals surface area (Å²) in [6.45, 7) is 1.46. The van der Waals surface area contributed by atoms with Crippen molar-refractivity contribution in [1.82, 2.24) is 9.62 Å². The van der Waals surface area contributed by atoms with Gasteiger partial charge in [-0.25, -0.2) is 8.42 Å². The van der Waals surface area contributed by atoms with Gasteiger partial charge in [0.05, 0.1) is 42.5 Å². The number of sulfonamides is 1. The Bertz CT molecular complexity index is 1420. The van der Waals surface area contributed by atoms with Crippen molar-refractivity contribution in [3.8, 4) is 5.75 Å². The Balaban J connectivity index is 1.62. The molecule has 0 aliphatic carbocycles. The highest BCUT2D eigenvalue weighted by Crippen LogP contribution is 2.25. The lowest BCUT2D eigenvalue weighted by Gasteiger charge is -2.31. The molecule has 3 aromatic rings. The third-order valence-corrected chi connectivity index (χ3v) is 9.59. The molecule has 0 bridgehead atoms. The lowest BCUT2D eigenvalue weighted by atomic mass is 10.00. The molecule has 1 saturated heterocycles. The van der Waals surface area contributed by atoms with Gasteiger partial charge in [-0.05, 0) is 48.7 Å². The minimum atomic E-state index is -4.12. The zero-order valence-electron chi connectivity index (χ0n) is 24.1. The molecule has 1 aliphatic heterocycles. The minimum Gasteiger partial charge on any atom is -0.487 e. The average molecular weight is 633 g/mol. The number of nitrogens with one attached hydrogen (secondary N) is 1. The first kappa shape index (κ1) is 32.9. The molecule has 0 radical (unpaired) electrons. The second-order valence-corrected chi connectivity index (χ2v) is 13.0. The number of benzene rings is 3. The van der Waals surface area contributed by atoms with Gasteiger partial charge in [0.25, 0.3) is 5.91 Å². The summed E-state index contributed by atoms with van der Waals surface area (Å²) in [4.78, 5) is 13.7. The molecule has 1 aliphatic rings. The van der Waals surface area contributed by atoms with Gasteiger partial charge in [-0.3, -0.25) is 9.18 Å². The van der Waals surface area contributed by atoms with Gasteiger partial charge in [0.2, 0.25) is 10.0 Å². The van der Waals surface area contributed by atoms with E-state index in [2.05, 4.69) is 5.32 Å². The predicted molar refractivity (Wildman–Crippen MR) is 164 cm³/mol. The number of carbonyl (C=O) groups is 1. The summed E-state index contributed by atoms with van der Waals surface area (Å²) in [5.74, 6) is -0.947. The molecule has 4 atom stereocenters. The Labute approximate surface area is 257 Å². The first-order valence-electron chi connectivity index (χ1n) is 14.3. The van der Waals surface area contributed by atoms with Crippen molar-refractivity contribution in [2.24, 2.45) is 5.92 Å². The van der Waals surface area contributed by atoms with Gasteiger partial charge in [0.1, 0.15) is 11.9 Å². The van der Waals surface area contributed by atoms with Gasteiger partial charge in [0, 0.05) is 31.3 Å². The Hall–Kier alpha value is -3.02. The lowest BCUT2D eigenvalue weighted by Crippen LogP contribution is -2.51. The van der Waals surface area contributed by atoms with E-state index < -0.39 is 40.7 Å². The van der Waals surface area contributed by atoms with Crippen molar-refractivity contribution in [1.29, 1.82) is 0 Å². The van der Waals surface area contributed by atoms with Crippen molar-refractivity contribution >= 4 is 27.5 Å². The Morgan fingerprint density at radius 2 is 1.81 bits per heavy atom. The van der Waals surface area contributed by atoms with Gasteiger partial charge >= 0.3 is 0 Å². The maximum atomic E-state index is 13.7. The number of carbonyl (C=O) groups excluding carboxylic acids is 1. The van der Waals surface area contributed by atoms with Crippen molar-refractivity contribution in [2.45, 2.75) is 42.9 Å². The number of amides is 1. The number of hydrogen-bond donors (Lipinski definition) is 2. The first-order valence-corrected chi connectivity index (χ1v) is 16.2. The maximum Gasteiger partial charge on any atom is 0.255 e. The van der Waals surface area contributed by atoms with Crippen LogP contribution in [0, 0.1) is 12.8 Å². The van der Waals surface area contributed by atoms with Crippen molar-refractivity contribution in [3.63, 3.8) is 0 Å². The summed E-state index contributed by atoms with van der Waals surface area (Å²) in [6.07, 6.45) is -0.608. The molecule has 2 N–H and O–H groups in total. The van der Waals surface area contributed by atoms with Crippen LogP contribution in [0.4, 0.5) is 4.39 Å². The Kier molecular flexibility index (Phi) is 12.0. The fourth-order valence-corrected chi connectivity index (χ4v) is 6.61. The van der Waals surface area contributed by atoms with Crippen molar-refractivity contribution < 1.29 is 32.2 Å². The van der Waals surface area contributed by atoms with Gasteiger partial charge < -0.3 is 19.9 Å². The van der Waals surface area contributed by atoms with Gasteiger partial charge in [0.15, 0.2) is 0 Å². The van der Waals surface area contributed by atoms with Gasteiger partial charge in [-0.15, -0.1) is 11.6 Å². The SMILES string of the molecule is Cc1ccc(C(=O)N[C@@H](Cc2ccccc2)[C@H](O)CN(CC(CF)CCl)S(=O)(=O)c2ccccc2)c(O[C@H]2CCOC2)c1. The van der Waals surface area contributed by atoms with Crippen LogP contribution in [0.5, 0.6) is 5.75 Å². The average Bonchev–Trinajstić information content (AvgIpc) is 3.53. The van der Waals surface area contributed by atoms with E-state index in [-0.39, 0.29) is 42.0 Å². The quantitative estimate of drug-likeness (QED) is 0.241. The molecule has 0 spiro atoms. The summed E-state index contributed by atoms with van der Waals surface area (Å²) in [5, 5.41) is 14.5. The van der Waals surface area contributed by atoms with Crippen LogP contribution in [0.1, 0.15) is 27.9 Å². The predicted octanol–water partition coefficient (Wildman–Crippen LogP) is 4.38. The maximum absolute atomic E-state index is 13.7. The molecule has 43 heavy (non-hydrogen) atoms. The number of aryl methyl sites for hydroxylation is 1. The van der Waals surface area contributed by atoms with Crippen LogP contribution >= 0.6 is 11.6 Å². The van der Waals surface area contributed by atoms with E-state index in [0.717, 1.165) is 15.4 Å². The molecule has 1 heterocycles. The highest BCUT2D eigenvalue weighted by Gasteiger charge is 2.33. The lowest BCUT2D eigenvalue weighted by molar-refractivity contribution is 0.0765. The fourth-order valence-electron chi connectivity index (χ4n) is 4.87. The summed E-state index contributed by atoms with van der Waals surface area (Å²) >= 11 is 5.94. The van der Waals surface area contributed by atoms with Crippen LogP contribution in [0.3, 0.4) is 0 Å². The minimum absolute atomic E-state index is 0.00960. The van der Waals surface area contributed by atoms with E-state index in [1.54, 1.807) is 36.4 Å². The number of halogens is 2. The molecule has 4 rings (SSSR count). The summed E-state index contributed by atoms with van der Waals surface area (Å²) in [5.41, 5.74) is 2.03. The zero-order chi connectivity index (χ0) is 30.8. The van der Waals surface area contributed by atoms with E-state index in [1.165, 1.54) is 12.1 Å². The summed E-state index contributed by atoms with van der Waals surface area (Å²) < 4.78 is 53.6. The largest absolute Gasteiger partial charge is 0.487 e. The third-order valence-electron chi connectivity index (χ3n) is 7.31. The van der Waals surface area contributed by atoms with Gasteiger partial charge in [-0.2, -0.15) is 4.31 Å². The molecule has 1 fully saturated rings. The standard InChI is InChI=1S/C32H38ClFN2O6S/c1-23-12-13-28(31(16-23)42-26-14-15-41-22-26)32(38)35-29(17-24-8-4-2-5-9-24)30(37)21-36(20-25(18-33)19-34)43(39,40)27-10-6-3-7-11-27/h2-13,16,25-26,29-30,37H,14-15,17-22H2,1H3,(H,35,38)/t25?,26-,29-,30+/m0/s1. The molecule has 1 amide bonds. The smallest absolute Gasteiger partial charge is 0.255 e. The number of rotatable bonds is 15. The Morgan fingerprint density at radius 3 is 2.44 bits per heavy atom. The van der Waals surface area contributed by atoms with Crippen LogP contribution < -0.4 is 10.1 Å². The molecular weight excluding hydrogens is 595 g/mol. The number of hydrogen-bond acceptors (Lipinski definition) is 6. The van der Waals surface area contributed by atoms with E-state index in [0.29, 0.717) is 25.4 Å². The van der Waals surface area contributed by atoms with Crippen LogP contribution in [0.2, 0.25) is 0 Å². The Morgan fingerprint density at radius 1 is 1.12 bits per heavy atom. The van der Waals surface area contributed by atoms with Gasteiger partial charge in [-0.1, -0.05) is 54.6 Å². The molecule has 1 unspecified atom stereocenters. The normalized spacial score (nSPS) is 17.4. The molecule has 0 saturated carbocycles. The number of aliphatic hydroxyl groups is 1. The molecule has 0 aromatic heterocycles. The van der Waals surface area contributed by atoms with Crippen LogP contribution in [0.25, 0.3) is 0 Å². The van der Waals surface area contributed by atoms with E-state index >= 15 is 0 Å². The van der Waals surface area contributed by atoms with E-state index in [1.807, 2.05) is 37.3 Å². The van der Waals surface area contributed by atoms with E-state index in [9.17, 15) is 22.7 Å². The fraction of sp³-hybridized carbons (Fsp3) is 0.406. The number of nitrogens with zero attached hydrogens (tertiary/aromatic N) is 1. The number of alkyl halides is 2. The second kappa shape index (κ2) is 15.6. The highest BCUT2D eigenvalue weighted by atomic mass is 35.5. The number of aliphatic hydroxyl groups excluding tert-OH is 1. The number of ether oxygens (including phenoxy) is 2. The topological polar surface area (TPSA) is 105 Å². The monoisotopic (exact) mass is 632 g/mol. The van der Waals surface area contributed by atoms with Crippen LogP contribution in [-0.2, 0) is 21.2 Å². The third kappa shape index (κ3) is 9.00. The summed E-state index contributed by atoms with van der Waals surface area (Å²) in [7, 11) is -4.12. The van der Waals surface area contributed by atoms with Crippen LogP contribution in [-0.4, -0.2) is 80.8 Å². The molecule has 11 heteroatoms. The van der Waals surface area contributed by atoms with Crippen LogP contribution in [0.15, 0.2) is 83.8 Å². The summed E-state index contributed by atoms with van der Waals surface area (Å²) in [6, 6.07) is 21.4. The highest BCUT2D eigenvalue weighted by molar-refractivity contribution is 7.89. The van der Waals surface area contributed by atoms with Crippen molar-refractivity contribution in [2.75, 3.05) is 38.9 Å². The molecule has 232 valence electrons. The second-order valence-electron chi connectivity index (χ2n) is 10.7.